The van der Waals surface area contributed by atoms with E-state index in [-0.39, 0.29) is 5.69 Å². The van der Waals surface area contributed by atoms with Gasteiger partial charge in [-0.2, -0.15) is 5.10 Å². The number of hydrogen-bond acceptors (Lipinski definition) is 5. The van der Waals surface area contributed by atoms with Crippen LogP contribution in [0.1, 0.15) is 30.9 Å². The first kappa shape index (κ1) is 19.9. The highest BCUT2D eigenvalue weighted by atomic mass is 16.6. The molecule has 146 valence electrons. The lowest BCUT2D eigenvalue weighted by atomic mass is 10.0. The van der Waals surface area contributed by atoms with E-state index in [1.165, 1.54) is 17.7 Å². The van der Waals surface area contributed by atoms with Gasteiger partial charge in [-0.25, -0.2) is 0 Å². The first-order valence-corrected chi connectivity index (χ1v) is 9.18. The average Bonchev–Trinajstić information content (AvgIpc) is 2.75. The van der Waals surface area contributed by atoms with Gasteiger partial charge in [-0.3, -0.25) is 15.5 Å². The van der Waals surface area contributed by atoms with Crippen molar-refractivity contribution in [1.29, 1.82) is 0 Å². The number of para-hydroxylation sites is 1. The second-order valence-corrected chi connectivity index (χ2v) is 6.66. The molecule has 0 aliphatic carbocycles. The Balaban J connectivity index is 1.88. The summed E-state index contributed by atoms with van der Waals surface area (Å²) in [7, 11) is 0. The Hall–Kier alpha value is -3.87. The number of nitrogens with one attached hydrogen (secondary N) is 1. The lowest BCUT2D eigenvalue weighted by Crippen LogP contribution is -2.02. The molecule has 3 aromatic carbocycles. The van der Waals surface area contributed by atoms with Gasteiger partial charge in [0.1, 0.15) is 0 Å². The Labute approximate surface area is 169 Å². The molecule has 7 heteroatoms. The van der Waals surface area contributed by atoms with Crippen molar-refractivity contribution in [2.45, 2.75) is 19.8 Å². The minimum absolute atomic E-state index is 0.00728. The summed E-state index contributed by atoms with van der Waals surface area (Å²) in [6.07, 6.45) is 0. The van der Waals surface area contributed by atoms with E-state index in [4.69, 9.17) is 0 Å². The van der Waals surface area contributed by atoms with Crippen LogP contribution in [-0.4, -0.2) is 10.8 Å². The van der Waals surface area contributed by atoms with Crippen molar-refractivity contribution in [3.63, 3.8) is 0 Å². The molecular weight excluding hydrogens is 366 g/mol. The Bertz CT molecular complexity index is 1010. The van der Waals surface area contributed by atoms with Gasteiger partial charge in [0.15, 0.2) is 0 Å². The normalized spacial score (nSPS) is 11.8. The van der Waals surface area contributed by atoms with Gasteiger partial charge in [0.05, 0.1) is 16.3 Å². The predicted molar refractivity (Wildman–Crippen MR) is 115 cm³/mol. The lowest BCUT2D eigenvalue weighted by Gasteiger charge is -2.07. The van der Waals surface area contributed by atoms with Gasteiger partial charge >= 0.3 is 0 Å². The van der Waals surface area contributed by atoms with Crippen LogP contribution in [0.5, 0.6) is 0 Å². The molecule has 0 fully saturated rings. The van der Waals surface area contributed by atoms with E-state index in [0.717, 1.165) is 11.3 Å². The molecule has 0 aromatic heterocycles. The van der Waals surface area contributed by atoms with Crippen LogP contribution in [0.4, 0.5) is 17.1 Å². The topological polar surface area (TPSA) is 92.2 Å². The maximum Gasteiger partial charge on any atom is 0.269 e. The van der Waals surface area contributed by atoms with Gasteiger partial charge in [0.2, 0.25) is 5.84 Å². The van der Waals surface area contributed by atoms with Crippen LogP contribution in [0, 0.1) is 10.1 Å². The minimum atomic E-state index is -0.451. The highest BCUT2D eigenvalue weighted by molar-refractivity contribution is 5.99. The largest absolute Gasteiger partial charge is 0.276 e. The van der Waals surface area contributed by atoms with Crippen LogP contribution >= 0.6 is 0 Å². The number of benzene rings is 3. The first-order chi connectivity index (χ1) is 14.0. The van der Waals surface area contributed by atoms with E-state index in [1.807, 2.05) is 54.6 Å². The zero-order valence-electron chi connectivity index (χ0n) is 16.2. The van der Waals surface area contributed by atoms with E-state index >= 15 is 0 Å². The van der Waals surface area contributed by atoms with Crippen LogP contribution in [0.2, 0.25) is 0 Å². The van der Waals surface area contributed by atoms with E-state index in [9.17, 15) is 10.1 Å². The second kappa shape index (κ2) is 9.36. The summed E-state index contributed by atoms with van der Waals surface area (Å²) in [5.74, 6) is 0.830. The fraction of sp³-hybridized carbons (Fsp3) is 0.136. The quantitative estimate of drug-likeness (QED) is 0.177. The fourth-order valence-corrected chi connectivity index (χ4v) is 2.54. The molecule has 0 bridgehead atoms. The maximum atomic E-state index is 10.8. The van der Waals surface area contributed by atoms with Crippen molar-refractivity contribution in [3.8, 4) is 0 Å². The number of anilines is 1. The molecule has 0 unspecified atom stereocenters. The lowest BCUT2D eigenvalue weighted by molar-refractivity contribution is -0.384. The molecule has 0 atom stereocenters. The molecule has 0 aliphatic heterocycles. The molecule has 0 aliphatic rings. The zero-order valence-corrected chi connectivity index (χ0v) is 16.2. The molecule has 0 spiro atoms. The number of azo groups is 1. The van der Waals surface area contributed by atoms with E-state index < -0.39 is 4.92 Å². The molecule has 7 nitrogen and oxygen atoms in total. The molecule has 0 radical (unpaired) electrons. The molecule has 1 N–H and O–H groups in total. The molecular formula is C22H21N5O2. The molecule has 0 saturated carbocycles. The van der Waals surface area contributed by atoms with Crippen molar-refractivity contribution >= 4 is 22.9 Å². The first-order valence-electron chi connectivity index (χ1n) is 9.18. The summed E-state index contributed by atoms with van der Waals surface area (Å²) < 4.78 is 0. The third kappa shape index (κ3) is 5.55. The average molecular weight is 387 g/mol. The Kier molecular flexibility index (Phi) is 6.42. The summed E-state index contributed by atoms with van der Waals surface area (Å²) in [5, 5.41) is 23.6. The van der Waals surface area contributed by atoms with Crippen LogP contribution < -0.4 is 5.43 Å². The van der Waals surface area contributed by atoms with Crippen LogP contribution in [0.3, 0.4) is 0 Å². The SMILES string of the molecule is CC(C)c1ccc(/C(N=Nc2ccc([N+](=O)[O-])cc2)=N/Nc2ccccc2)cc1. The number of nitro groups is 1. The second-order valence-electron chi connectivity index (χ2n) is 6.66. The van der Waals surface area contributed by atoms with Gasteiger partial charge in [-0.05, 0) is 35.7 Å². The van der Waals surface area contributed by atoms with Crippen molar-refractivity contribution in [3.05, 3.63) is 100 Å². The Morgan fingerprint density at radius 2 is 1.59 bits per heavy atom. The standard InChI is InChI=1S/C22H21N5O2/c1-16(2)17-8-10-18(11-9-17)22(25-23-19-6-4-3-5-7-19)26-24-20-12-14-21(15-13-20)27(28)29/h3-16,23H,1-2H3/b25-22-,26-24?. The number of amidine groups is 1. The van der Waals surface area contributed by atoms with Gasteiger partial charge in [0.25, 0.3) is 5.69 Å². The van der Waals surface area contributed by atoms with Gasteiger partial charge in [0, 0.05) is 17.7 Å². The zero-order chi connectivity index (χ0) is 20.6. The maximum absolute atomic E-state index is 10.8. The van der Waals surface area contributed by atoms with E-state index in [0.29, 0.717) is 17.4 Å². The van der Waals surface area contributed by atoms with Gasteiger partial charge in [-0.15, -0.1) is 10.2 Å². The van der Waals surface area contributed by atoms with Gasteiger partial charge < -0.3 is 0 Å². The van der Waals surface area contributed by atoms with Crippen molar-refractivity contribution < 1.29 is 4.92 Å². The molecule has 0 saturated heterocycles. The smallest absolute Gasteiger partial charge is 0.269 e. The third-order valence-corrected chi connectivity index (χ3v) is 4.22. The highest BCUT2D eigenvalue weighted by Gasteiger charge is 2.07. The van der Waals surface area contributed by atoms with Crippen LogP contribution in [0.25, 0.3) is 0 Å². The summed E-state index contributed by atoms with van der Waals surface area (Å²) in [6, 6.07) is 23.4. The number of rotatable bonds is 6. The molecule has 3 aromatic rings. The van der Waals surface area contributed by atoms with Crippen molar-refractivity contribution in [1.82, 2.24) is 0 Å². The van der Waals surface area contributed by atoms with E-state index in [1.54, 1.807) is 12.1 Å². The number of hydrazone groups is 1. The van der Waals surface area contributed by atoms with Gasteiger partial charge in [-0.1, -0.05) is 56.3 Å². The van der Waals surface area contributed by atoms with Crippen LogP contribution in [0.15, 0.2) is 94.2 Å². The molecule has 0 amide bonds. The summed E-state index contributed by atoms with van der Waals surface area (Å²) in [4.78, 5) is 10.3. The predicted octanol–water partition coefficient (Wildman–Crippen LogP) is 6.28. The third-order valence-electron chi connectivity index (χ3n) is 4.22. The molecule has 29 heavy (non-hydrogen) atoms. The summed E-state index contributed by atoms with van der Waals surface area (Å²) >= 11 is 0. The molecule has 0 heterocycles. The highest BCUT2D eigenvalue weighted by Crippen LogP contribution is 2.20. The number of nitro benzene ring substituents is 1. The summed E-state index contributed by atoms with van der Waals surface area (Å²) in [5.41, 5.74) is 6.35. The monoisotopic (exact) mass is 387 g/mol. The van der Waals surface area contributed by atoms with Crippen molar-refractivity contribution in [2.24, 2.45) is 15.3 Å². The fourth-order valence-electron chi connectivity index (χ4n) is 2.54. The minimum Gasteiger partial charge on any atom is -0.276 e. The number of hydrogen-bond donors (Lipinski definition) is 1. The summed E-state index contributed by atoms with van der Waals surface area (Å²) in [6.45, 7) is 4.27. The van der Waals surface area contributed by atoms with E-state index in [2.05, 4.69) is 34.6 Å². The number of nitrogens with zero attached hydrogens (tertiary/aromatic N) is 4. The van der Waals surface area contributed by atoms with Crippen LogP contribution in [-0.2, 0) is 0 Å². The Morgan fingerprint density at radius 1 is 0.931 bits per heavy atom. The Morgan fingerprint density at radius 3 is 2.17 bits per heavy atom. The number of non-ortho nitro benzene ring substituents is 1. The molecule has 3 rings (SSSR count). The van der Waals surface area contributed by atoms with Crippen molar-refractivity contribution in [2.75, 3.05) is 5.43 Å².